The quantitative estimate of drug-likeness (QED) is 0.529. The van der Waals surface area contributed by atoms with Gasteiger partial charge in [-0.1, -0.05) is 12.1 Å². The lowest BCUT2D eigenvalue weighted by Gasteiger charge is -2.29. The molecule has 1 aromatic heterocycles. The zero-order chi connectivity index (χ0) is 23.4. The lowest BCUT2D eigenvalue weighted by atomic mass is 10.2. The highest BCUT2D eigenvalue weighted by Crippen LogP contribution is 2.29. The van der Waals surface area contributed by atoms with Gasteiger partial charge in [-0.2, -0.15) is 4.98 Å². The number of rotatable bonds is 6. The summed E-state index contributed by atoms with van der Waals surface area (Å²) in [6.07, 6.45) is 0. The van der Waals surface area contributed by atoms with Gasteiger partial charge in [-0.15, -0.1) is 0 Å². The van der Waals surface area contributed by atoms with E-state index in [-0.39, 0.29) is 18.2 Å². The molecule has 1 aliphatic rings. The summed E-state index contributed by atoms with van der Waals surface area (Å²) in [4.78, 5) is 21.7. The number of ether oxygens (including phenoxy) is 3. The standard InChI is InChI=1S/C24H23FN4O4/c1-16-12-18(5-6-20(16)26-2)33-21-7-4-17(13-19(21)25)15-32-22-14-23(28(3)24(30)27-22)29-8-10-31-11-9-29/h4-7,12-14H,8-11,15H2,1,3H3. The van der Waals surface area contributed by atoms with E-state index in [1.807, 2.05) is 4.90 Å². The van der Waals surface area contributed by atoms with Crippen LogP contribution in [0.4, 0.5) is 15.9 Å². The van der Waals surface area contributed by atoms with Crippen LogP contribution in [-0.4, -0.2) is 35.9 Å². The molecule has 170 valence electrons. The number of morpholine rings is 1. The average molecular weight is 450 g/mol. The van der Waals surface area contributed by atoms with Crippen LogP contribution in [0.5, 0.6) is 17.4 Å². The van der Waals surface area contributed by atoms with E-state index in [1.54, 1.807) is 44.3 Å². The Morgan fingerprint density at radius 1 is 1.18 bits per heavy atom. The zero-order valence-electron chi connectivity index (χ0n) is 18.4. The fraction of sp³-hybridized carbons (Fsp3) is 0.292. The van der Waals surface area contributed by atoms with E-state index in [1.165, 1.54) is 16.7 Å². The minimum Gasteiger partial charge on any atom is -0.473 e. The van der Waals surface area contributed by atoms with Crippen LogP contribution < -0.4 is 20.1 Å². The molecule has 1 fully saturated rings. The molecule has 0 radical (unpaired) electrons. The smallest absolute Gasteiger partial charge is 0.352 e. The Balaban J connectivity index is 1.45. The summed E-state index contributed by atoms with van der Waals surface area (Å²) in [6, 6.07) is 11.2. The Hall–Kier alpha value is -3.90. The number of anilines is 1. The number of aryl methyl sites for hydroxylation is 1. The second kappa shape index (κ2) is 9.71. The van der Waals surface area contributed by atoms with Gasteiger partial charge in [0.15, 0.2) is 17.3 Å². The second-order valence-electron chi connectivity index (χ2n) is 7.61. The fourth-order valence-electron chi connectivity index (χ4n) is 3.49. The van der Waals surface area contributed by atoms with E-state index in [0.717, 1.165) is 5.56 Å². The molecule has 0 aliphatic carbocycles. The molecule has 33 heavy (non-hydrogen) atoms. The van der Waals surface area contributed by atoms with Crippen molar-refractivity contribution in [2.75, 3.05) is 31.2 Å². The van der Waals surface area contributed by atoms with Crippen molar-refractivity contribution in [3.8, 4) is 17.4 Å². The number of nitrogens with zero attached hydrogens (tertiary/aromatic N) is 4. The number of hydrogen-bond donors (Lipinski definition) is 0. The third kappa shape index (κ3) is 5.13. The Morgan fingerprint density at radius 3 is 2.67 bits per heavy atom. The molecule has 1 saturated heterocycles. The molecule has 0 N–H and O–H groups in total. The van der Waals surface area contributed by atoms with E-state index in [9.17, 15) is 9.18 Å². The molecular weight excluding hydrogens is 427 g/mol. The Bertz CT molecular complexity index is 1260. The van der Waals surface area contributed by atoms with Gasteiger partial charge in [0.1, 0.15) is 18.2 Å². The topological polar surface area (TPSA) is 70.2 Å². The first-order valence-electron chi connectivity index (χ1n) is 10.4. The van der Waals surface area contributed by atoms with Crippen LogP contribution in [0.25, 0.3) is 4.85 Å². The molecule has 2 heterocycles. The van der Waals surface area contributed by atoms with Crippen molar-refractivity contribution in [1.82, 2.24) is 9.55 Å². The average Bonchev–Trinajstić information content (AvgIpc) is 2.82. The summed E-state index contributed by atoms with van der Waals surface area (Å²) in [5.74, 6) is 0.838. The molecule has 8 nitrogen and oxygen atoms in total. The Kier molecular flexibility index (Phi) is 6.56. The van der Waals surface area contributed by atoms with Gasteiger partial charge >= 0.3 is 5.69 Å². The highest BCUT2D eigenvalue weighted by Gasteiger charge is 2.17. The van der Waals surface area contributed by atoms with Crippen molar-refractivity contribution in [2.45, 2.75) is 13.5 Å². The van der Waals surface area contributed by atoms with Crippen LogP contribution in [0.1, 0.15) is 11.1 Å². The van der Waals surface area contributed by atoms with Gasteiger partial charge in [-0.3, -0.25) is 4.57 Å². The number of halogens is 1. The maximum atomic E-state index is 14.6. The van der Waals surface area contributed by atoms with Crippen molar-refractivity contribution in [3.63, 3.8) is 0 Å². The molecule has 4 rings (SSSR count). The van der Waals surface area contributed by atoms with Crippen LogP contribution in [0.3, 0.4) is 0 Å². The normalized spacial score (nSPS) is 13.5. The Morgan fingerprint density at radius 2 is 1.97 bits per heavy atom. The molecule has 0 bridgehead atoms. The molecule has 0 spiro atoms. The van der Waals surface area contributed by atoms with Crippen LogP contribution in [-0.2, 0) is 18.4 Å². The third-order valence-corrected chi connectivity index (χ3v) is 5.32. The fourth-order valence-corrected chi connectivity index (χ4v) is 3.49. The van der Waals surface area contributed by atoms with Gasteiger partial charge in [0.2, 0.25) is 5.88 Å². The van der Waals surface area contributed by atoms with E-state index >= 15 is 0 Å². The van der Waals surface area contributed by atoms with Crippen molar-refractivity contribution in [2.24, 2.45) is 7.05 Å². The highest BCUT2D eigenvalue weighted by atomic mass is 19.1. The predicted octanol–water partition coefficient (Wildman–Crippen LogP) is 3.99. The summed E-state index contributed by atoms with van der Waals surface area (Å²) in [5, 5.41) is 0. The van der Waals surface area contributed by atoms with Crippen molar-refractivity contribution < 1.29 is 18.6 Å². The van der Waals surface area contributed by atoms with E-state index in [0.29, 0.717) is 49.1 Å². The van der Waals surface area contributed by atoms with Crippen LogP contribution in [0.15, 0.2) is 47.3 Å². The zero-order valence-corrected chi connectivity index (χ0v) is 18.4. The summed E-state index contributed by atoms with van der Waals surface area (Å²) in [6.45, 7) is 11.5. The molecule has 0 amide bonds. The van der Waals surface area contributed by atoms with Crippen LogP contribution in [0.2, 0.25) is 0 Å². The van der Waals surface area contributed by atoms with E-state index in [4.69, 9.17) is 20.8 Å². The maximum absolute atomic E-state index is 14.6. The minimum atomic E-state index is -0.547. The lowest BCUT2D eigenvalue weighted by molar-refractivity contribution is 0.122. The minimum absolute atomic E-state index is 0.0404. The van der Waals surface area contributed by atoms with Gasteiger partial charge in [0, 0.05) is 26.2 Å². The van der Waals surface area contributed by atoms with E-state index < -0.39 is 11.5 Å². The molecule has 1 aliphatic heterocycles. The largest absolute Gasteiger partial charge is 0.473 e. The van der Waals surface area contributed by atoms with Gasteiger partial charge in [0.25, 0.3) is 0 Å². The van der Waals surface area contributed by atoms with Crippen LogP contribution >= 0.6 is 0 Å². The molecular formula is C24H23FN4O4. The number of aromatic nitrogens is 2. The van der Waals surface area contributed by atoms with Crippen molar-refractivity contribution in [1.29, 1.82) is 0 Å². The summed E-state index contributed by atoms with van der Waals surface area (Å²) in [5.41, 5.74) is 1.42. The summed E-state index contributed by atoms with van der Waals surface area (Å²) in [7, 11) is 1.66. The molecule has 0 saturated carbocycles. The van der Waals surface area contributed by atoms with Gasteiger partial charge in [0.05, 0.1) is 19.8 Å². The number of hydrogen-bond acceptors (Lipinski definition) is 6. The molecule has 3 aromatic rings. The number of benzene rings is 2. The lowest BCUT2D eigenvalue weighted by Crippen LogP contribution is -2.39. The first kappa shape index (κ1) is 22.3. The summed E-state index contributed by atoms with van der Waals surface area (Å²) < 4.78 is 32.8. The van der Waals surface area contributed by atoms with E-state index in [2.05, 4.69) is 9.83 Å². The van der Waals surface area contributed by atoms with Crippen molar-refractivity contribution in [3.05, 3.63) is 81.3 Å². The van der Waals surface area contributed by atoms with Gasteiger partial charge < -0.3 is 19.1 Å². The van der Waals surface area contributed by atoms with Crippen molar-refractivity contribution >= 4 is 11.5 Å². The predicted molar refractivity (Wildman–Crippen MR) is 121 cm³/mol. The van der Waals surface area contributed by atoms with Gasteiger partial charge in [-0.05, 0) is 42.3 Å². The second-order valence-corrected chi connectivity index (χ2v) is 7.61. The molecule has 9 heteroatoms. The Labute approximate surface area is 190 Å². The highest BCUT2D eigenvalue weighted by molar-refractivity contribution is 5.55. The molecule has 0 atom stereocenters. The third-order valence-electron chi connectivity index (χ3n) is 5.32. The maximum Gasteiger partial charge on any atom is 0.352 e. The molecule has 0 unspecified atom stereocenters. The molecule has 2 aromatic carbocycles. The summed E-state index contributed by atoms with van der Waals surface area (Å²) >= 11 is 0. The van der Waals surface area contributed by atoms with Crippen LogP contribution in [0, 0.1) is 19.3 Å². The SMILES string of the molecule is [C-]#[N+]c1ccc(Oc2ccc(COc3cc(N4CCOCC4)n(C)c(=O)n3)cc2F)cc1C. The first-order valence-corrected chi connectivity index (χ1v) is 10.4. The first-order chi connectivity index (χ1) is 15.9. The van der Waals surface area contributed by atoms with Gasteiger partial charge in [-0.25, -0.2) is 14.0 Å². The monoisotopic (exact) mass is 450 g/mol.